The number of anilines is 1. The van der Waals surface area contributed by atoms with Crippen molar-refractivity contribution < 1.29 is 9.32 Å². The summed E-state index contributed by atoms with van der Waals surface area (Å²) in [5, 5.41) is 7.13. The minimum Gasteiger partial charge on any atom is -0.339 e. The molecule has 1 aliphatic heterocycles. The number of amides is 1. The third-order valence-corrected chi connectivity index (χ3v) is 5.26. The van der Waals surface area contributed by atoms with Crippen molar-refractivity contribution >= 4 is 23.2 Å². The molecule has 9 nitrogen and oxygen atoms in total. The van der Waals surface area contributed by atoms with Gasteiger partial charge in [0.1, 0.15) is 12.1 Å². The summed E-state index contributed by atoms with van der Waals surface area (Å²) < 4.78 is 7.63. The normalized spacial score (nSPS) is 13.1. The Hall–Kier alpha value is -3.20. The molecule has 0 saturated carbocycles. The van der Waals surface area contributed by atoms with Gasteiger partial charge in [-0.2, -0.15) is 4.98 Å². The summed E-state index contributed by atoms with van der Waals surface area (Å²) >= 11 is 5.85. The van der Waals surface area contributed by atoms with E-state index in [1.54, 1.807) is 24.3 Å². The largest absolute Gasteiger partial charge is 0.339 e. The summed E-state index contributed by atoms with van der Waals surface area (Å²) in [7, 11) is 0. The summed E-state index contributed by atoms with van der Waals surface area (Å²) in [6, 6.07) is 6.55. The molecule has 156 valence electrons. The summed E-state index contributed by atoms with van der Waals surface area (Å²) in [5.41, 5.74) is 0.222. The Morgan fingerprint density at radius 3 is 2.70 bits per heavy atom. The van der Waals surface area contributed by atoms with Gasteiger partial charge in [-0.15, -0.1) is 0 Å². The molecule has 0 radical (unpaired) electrons. The van der Waals surface area contributed by atoms with Crippen molar-refractivity contribution in [2.24, 2.45) is 0 Å². The fourth-order valence-electron chi connectivity index (χ4n) is 3.54. The highest BCUT2D eigenvalue weighted by atomic mass is 35.5. The number of halogens is 1. The minimum atomic E-state index is -0.595. The first-order valence-electron chi connectivity index (χ1n) is 9.72. The number of hydrogen-bond acceptors (Lipinski definition) is 6. The van der Waals surface area contributed by atoms with Crippen LogP contribution in [0.4, 0.5) is 5.69 Å². The fraction of sp³-hybridized carbons (Fsp3) is 0.350. The highest BCUT2D eigenvalue weighted by Gasteiger charge is 2.26. The van der Waals surface area contributed by atoms with Crippen molar-refractivity contribution in [1.29, 1.82) is 0 Å². The Labute approximate surface area is 176 Å². The Kier molecular flexibility index (Phi) is 5.54. The highest BCUT2D eigenvalue weighted by molar-refractivity contribution is 6.30. The van der Waals surface area contributed by atoms with Crippen LogP contribution in [-0.4, -0.2) is 25.2 Å². The van der Waals surface area contributed by atoms with E-state index in [2.05, 4.69) is 15.5 Å². The molecule has 0 spiro atoms. The van der Waals surface area contributed by atoms with Gasteiger partial charge in [0, 0.05) is 29.4 Å². The molecule has 0 unspecified atom stereocenters. The molecule has 3 aromatic rings. The number of aryl methyl sites for hydroxylation is 1. The maximum atomic E-state index is 13.2. The second-order valence-electron chi connectivity index (χ2n) is 7.02. The van der Waals surface area contributed by atoms with Crippen LogP contribution in [0.3, 0.4) is 0 Å². The molecule has 1 aromatic carbocycles. The molecule has 0 fully saturated rings. The van der Waals surface area contributed by atoms with Crippen molar-refractivity contribution in [3.05, 3.63) is 61.7 Å². The van der Waals surface area contributed by atoms with Gasteiger partial charge in [-0.1, -0.05) is 23.7 Å². The van der Waals surface area contributed by atoms with Crippen LogP contribution >= 0.6 is 11.6 Å². The number of hydrogen-bond donors (Lipinski definition) is 1. The Morgan fingerprint density at radius 1 is 1.23 bits per heavy atom. The molecule has 30 heavy (non-hydrogen) atoms. The first-order valence-corrected chi connectivity index (χ1v) is 10.1. The summed E-state index contributed by atoms with van der Waals surface area (Å²) in [6.45, 7) is 1.91. The first-order chi connectivity index (χ1) is 14.5. The number of benzene rings is 1. The molecule has 1 N–H and O–H groups in total. The van der Waals surface area contributed by atoms with Crippen LogP contribution in [0.15, 0.2) is 38.4 Å². The molecule has 10 heteroatoms. The lowest BCUT2D eigenvalue weighted by Gasteiger charge is -2.21. The second-order valence-corrected chi connectivity index (χ2v) is 7.46. The zero-order valence-electron chi connectivity index (χ0n) is 16.4. The van der Waals surface area contributed by atoms with Gasteiger partial charge in [0.25, 0.3) is 5.56 Å². The van der Waals surface area contributed by atoms with Gasteiger partial charge >= 0.3 is 5.69 Å². The molecule has 0 saturated heterocycles. The van der Waals surface area contributed by atoms with E-state index in [1.807, 2.05) is 6.92 Å². The number of rotatable bonds is 5. The van der Waals surface area contributed by atoms with Crippen LogP contribution in [0.5, 0.6) is 0 Å². The van der Waals surface area contributed by atoms with Crippen LogP contribution < -0.4 is 16.6 Å². The summed E-state index contributed by atoms with van der Waals surface area (Å²) in [4.78, 5) is 43.0. The van der Waals surface area contributed by atoms with Gasteiger partial charge in [-0.3, -0.25) is 18.7 Å². The zero-order valence-corrected chi connectivity index (χ0v) is 17.1. The number of carbonyl (C=O) groups is 1. The van der Waals surface area contributed by atoms with Crippen molar-refractivity contribution in [3.8, 4) is 11.4 Å². The molecule has 0 bridgehead atoms. The van der Waals surface area contributed by atoms with E-state index in [0.717, 1.165) is 17.4 Å². The topological polar surface area (TPSA) is 112 Å². The predicted octanol–water partition coefficient (Wildman–Crippen LogP) is 2.25. The van der Waals surface area contributed by atoms with E-state index in [0.29, 0.717) is 41.7 Å². The summed E-state index contributed by atoms with van der Waals surface area (Å²) in [5.74, 6) is 0.0488. The van der Waals surface area contributed by atoms with Crippen LogP contribution in [0.1, 0.15) is 31.4 Å². The van der Waals surface area contributed by atoms with E-state index in [1.165, 1.54) is 4.57 Å². The molecule has 1 amide bonds. The van der Waals surface area contributed by atoms with Gasteiger partial charge in [0.2, 0.25) is 17.6 Å². The highest BCUT2D eigenvalue weighted by Crippen LogP contribution is 2.22. The van der Waals surface area contributed by atoms with Crippen LogP contribution in [0.2, 0.25) is 5.02 Å². The van der Waals surface area contributed by atoms with Gasteiger partial charge in [-0.05, 0) is 43.5 Å². The first kappa shape index (κ1) is 20.1. The molecular formula is C20H20ClN5O4. The smallest absolute Gasteiger partial charge is 0.331 e. The van der Waals surface area contributed by atoms with Gasteiger partial charge in [0.05, 0.1) is 0 Å². The quantitative estimate of drug-likeness (QED) is 0.665. The standard InChI is InChI=1S/C20H20ClN5O4/c1-2-16-23-18(24-30-16)17-14-5-3-4-10-25(14)20(29)26(19(17)28)11-15(27)22-13-8-6-12(21)7-9-13/h6-9H,2-5,10-11H2,1H3,(H,22,27). The molecule has 4 rings (SSSR count). The van der Waals surface area contributed by atoms with E-state index in [9.17, 15) is 14.4 Å². The lowest BCUT2D eigenvalue weighted by Crippen LogP contribution is -2.45. The molecular weight excluding hydrogens is 410 g/mol. The number of aromatic nitrogens is 4. The van der Waals surface area contributed by atoms with Crippen LogP contribution in [0, 0.1) is 0 Å². The number of nitrogens with zero attached hydrogens (tertiary/aromatic N) is 4. The van der Waals surface area contributed by atoms with Crippen molar-refractivity contribution in [1.82, 2.24) is 19.3 Å². The van der Waals surface area contributed by atoms with E-state index < -0.39 is 23.7 Å². The monoisotopic (exact) mass is 429 g/mol. The average Bonchev–Trinajstić information content (AvgIpc) is 3.22. The third-order valence-electron chi connectivity index (χ3n) is 5.00. The summed E-state index contributed by atoms with van der Waals surface area (Å²) in [6.07, 6.45) is 2.76. The minimum absolute atomic E-state index is 0.148. The number of nitrogens with one attached hydrogen (secondary N) is 1. The Balaban J connectivity index is 1.75. The van der Waals surface area contributed by atoms with E-state index in [4.69, 9.17) is 16.1 Å². The number of fused-ring (bicyclic) bond motifs is 1. The maximum absolute atomic E-state index is 13.2. The van der Waals surface area contributed by atoms with Gasteiger partial charge in [-0.25, -0.2) is 4.79 Å². The van der Waals surface area contributed by atoms with Gasteiger partial charge in [0.15, 0.2) is 0 Å². The van der Waals surface area contributed by atoms with Crippen molar-refractivity contribution in [2.45, 2.75) is 45.7 Å². The lowest BCUT2D eigenvalue weighted by molar-refractivity contribution is -0.116. The lowest BCUT2D eigenvalue weighted by atomic mass is 10.0. The van der Waals surface area contributed by atoms with Crippen LogP contribution in [0.25, 0.3) is 11.4 Å². The van der Waals surface area contributed by atoms with Crippen LogP contribution in [-0.2, 0) is 30.7 Å². The zero-order chi connectivity index (χ0) is 21.3. The average molecular weight is 430 g/mol. The number of carbonyl (C=O) groups excluding carboxylic acids is 1. The molecule has 3 heterocycles. The predicted molar refractivity (Wildman–Crippen MR) is 111 cm³/mol. The Morgan fingerprint density at radius 2 is 2.00 bits per heavy atom. The second kappa shape index (κ2) is 8.27. The molecule has 2 aromatic heterocycles. The SMILES string of the molecule is CCc1nc(-c2c3n(c(=O)n(CC(=O)Nc4ccc(Cl)cc4)c2=O)CCCC3)no1. The molecule has 0 aliphatic carbocycles. The van der Waals surface area contributed by atoms with E-state index in [-0.39, 0.29) is 11.4 Å². The van der Waals surface area contributed by atoms with Gasteiger partial charge < -0.3 is 9.84 Å². The fourth-order valence-corrected chi connectivity index (χ4v) is 3.66. The van der Waals surface area contributed by atoms with E-state index >= 15 is 0 Å². The van der Waals surface area contributed by atoms with Crippen molar-refractivity contribution in [2.75, 3.05) is 5.32 Å². The molecule has 0 atom stereocenters. The Bertz CT molecular complexity index is 1210. The third kappa shape index (κ3) is 3.80. The maximum Gasteiger partial charge on any atom is 0.331 e. The molecule has 1 aliphatic rings. The van der Waals surface area contributed by atoms with Crippen molar-refractivity contribution in [3.63, 3.8) is 0 Å².